The summed E-state index contributed by atoms with van der Waals surface area (Å²) in [4.78, 5) is 9.24. The van der Waals surface area contributed by atoms with E-state index in [0.29, 0.717) is 16.9 Å². The van der Waals surface area contributed by atoms with Gasteiger partial charge in [-0.05, 0) is 77.9 Å². The van der Waals surface area contributed by atoms with Crippen molar-refractivity contribution >= 4 is 59.9 Å². The van der Waals surface area contributed by atoms with Crippen molar-refractivity contribution in [3.8, 4) is 17.2 Å². The summed E-state index contributed by atoms with van der Waals surface area (Å²) in [5, 5.41) is 11.8. The van der Waals surface area contributed by atoms with E-state index in [-0.39, 0.29) is 0 Å². The minimum atomic E-state index is 0.445. The highest BCUT2D eigenvalue weighted by Gasteiger charge is 2.15. The van der Waals surface area contributed by atoms with Gasteiger partial charge in [0.05, 0.1) is 19.2 Å². The van der Waals surface area contributed by atoms with Gasteiger partial charge in [-0.2, -0.15) is 5.26 Å². The molecule has 0 N–H and O–H groups in total. The number of rotatable bonds is 4. The number of nitrogens with zero attached hydrogens (tertiary/aromatic N) is 4. The quantitative estimate of drug-likeness (QED) is 0.225. The van der Waals surface area contributed by atoms with Gasteiger partial charge in [0.25, 0.3) is 0 Å². The van der Waals surface area contributed by atoms with E-state index in [0.717, 1.165) is 28.2 Å². The summed E-state index contributed by atoms with van der Waals surface area (Å²) in [6.07, 6.45) is 0. The molecule has 0 bridgehead atoms. The topological polar surface area (TPSA) is 35.8 Å². The third kappa shape index (κ3) is 4.12. The summed E-state index contributed by atoms with van der Waals surface area (Å²) in [7, 11) is 0. The van der Waals surface area contributed by atoms with Gasteiger partial charge in [-0.1, -0.05) is 42.5 Å². The number of hydrogen-bond donors (Lipinski definition) is 0. The zero-order valence-corrected chi connectivity index (χ0v) is 20.9. The average molecular weight is 503 g/mol. The SMILES string of the molecule is [C-]#[N+]c1ccc(N(c2ccc(-c3cc(C#N)cc([N+]#[C-])c3)cc2)c2ccc3sc4ccccc4c3c2)cc1. The van der Waals surface area contributed by atoms with Crippen LogP contribution in [0.2, 0.25) is 0 Å². The summed E-state index contributed by atoms with van der Waals surface area (Å²) in [5.41, 5.74) is 6.20. The molecule has 38 heavy (non-hydrogen) atoms. The second-order valence-corrected chi connectivity index (χ2v) is 9.87. The van der Waals surface area contributed by atoms with Crippen LogP contribution in [-0.2, 0) is 0 Å². The third-order valence-electron chi connectivity index (χ3n) is 6.49. The highest BCUT2D eigenvalue weighted by molar-refractivity contribution is 7.25. The molecular formula is C33H18N4S. The molecule has 4 nitrogen and oxygen atoms in total. The fraction of sp³-hybridized carbons (Fsp3) is 0. The molecule has 176 valence electrons. The van der Waals surface area contributed by atoms with Gasteiger partial charge in [-0.3, -0.25) is 0 Å². The van der Waals surface area contributed by atoms with E-state index in [1.807, 2.05) is 48.5 Å². The second kappa shape index (κ2) is 9.57. The lowest BCUT2D eigenvalue weighted by Gasteiger charge is -2.26. The number of hydrogen-bond acceptors (Lipinski definition) is 3. The van der Waals surface area contributed by atoms with Crippen molar-refractivity contribution < 1.29 is 0 Å². The zero-order chi connectivity index (χ0) is 26.1. The number of fused-ring (bicyclic) bond motifs is 3. The average Bonchev–Trinajstić information content (AvgIpc) is 3.36. The molecule has 1 heterocycles. The van der Waals surface area contributed by atoms with Gasteiger partial charge in [0.2, 0.25) is 0 Å². The lowest BCUT2D eigenvalue weighted by atomic mass is 10.0. The highest BCUT2D eigenvalue weighted by atomic mass is 32.1. The smallest absolute Gasteiger partial charge is 0.189 e. The van der Waals surface area contributed by atoms with Crippen LogP contribution in [0.3, 0.4) is 0 Å². The van der Waals surface area contributed by atoms with E-state index in [2.05, 4.69) is 63.1 Å². The van der Waals surface area contributed by atoms with Crippen molar-refractivity contribution in [1.82, 2.24) is 0 Å². The fourth-order valence-corrected chi connectivity index (χ4v) is 5.77. The maximum Gasteiger partial charge on any atom is 0.189 e. The zero-order valence-electron chi connectivity index (χ0n) is 20.1. The van der Waals surface area contributed by atoms with Crippen molar-refractivity contribution in [1.29, 1.82) is 5.26 Å². The number of nitriles is 1. The first-order chi connectivity index (χ1) is 18.7. The monoisotopic (exact) mass is 502 g/mol. The summed E-state index contributed by atoms with van der Waals surface area (Å²) in [5.74, 6) is 0. The van der Waals surface area contributed by atoms with E-state index < -0.39 is 0 Å². The van der Waals surface area contributed by atoms with Crippen LogP contribution in [0.25, 0.3) is 41.0 Å². The molecule has 0 spiro atoms. The van der Waals surface area contributed by atoms with Gasteiger partial charge < -0.3 is 4.90 Å². The van der Waals surface area contributed by atoms with Gasteiger partial charge in [0.15, 0.2) is 11.4 Å². The Labute approximate surface area is 224 Å². The van der Waals surface area contributed by atoms with Crippen LogP contribution in [0.1, 0.15) is 5.56 Å². The standard InChI is InChI=1S/C33H18N4S/c1-35-25-9-13-28(14-10-25)37(29-15-16-33-31(20-29)30-5-3-4-6-32(30)38-33)27-11-7-23(8-12-27)24-17-22(21-34)18-26(19-24)36-2/h3-20H. The normalized spacial score (nSPS) is 10.6. The number of benzene rings is 5. The molecule has 0 aliphatic heterocycles. The van der Waals surface area contributed by atoms with Crippen LogP contribution in [0.4, 0.5) is 28.4 Å². The molecule has 0 amide bonds. The summed E-state index contributed by atoms with van der Waals surface area (Å²) >= 11 is 1.79. The van der Waals surface area contributed by atoms with Crippen LogP contribution in [-0.4, -0.2) is 0 Å². The molecule has 0 aliphatic carbocycles. The van der Waals surface area contributed by atoms with Crippen LogP contribution in [0.5, 0.6) is 0 Å². The Hall–Kier alpha value is -5.41. The van der Waals surface area contributed by atoms with Crippen LogP contribution in [0, 0.1) is 24.5 Å². The van der Waals surface area contributed by atoms with E-state index in [1.54, 1.807) is 29.5 Å². The van der Waals surface area contributed by atoms with Crippen molar-refractivity contribution in [3.63, 3.8) is 0 Å². The molecule has 5 heteroatoms. The van der Waals surface area contributed by atoms with Crippen LogP contribution >= 0.6 is 11.3 Å². The molecule has 5 aromatic carbocycles. The first-order valence-corrected chi connectivity index (χ1v) is 12.7. The van der Waals surface area contributed by atoms with Crippen molar-refractivity contribution in [2.75, 3.05) is 4.90 Å². The minimum absolute atomic E-state index is 0.445. The Morgan fingerprint density at radius 1 is 0.605 bits per heavy atom. The molecular weight excluding hydrogens is 484 g/mol. The first-order valence-electron chi connectivity index (χ1n) is 11.9. The van der Waals surface area contributed by atoms with Gasteiger partial charge in [-0.25, -0.2) is 9.69 Å². The predicted molar refractivity (Wildman–Crippen MR) is 157 cm³/mol. The molecule has 6 aromatic rings. The molecule has 6 rings (SSSR count). The Kier molecular flexibility index (Phi) is 5.79. The van der Waals surface area contributed by atoms with Gasteiger partial charge in [0, 0.05) is 42.8 Å². The van der Waals surface area contributed by atoms with Gasteiger partial charge in [0.1, 0.15) is 0 Å². The highest BCUT2D eigenvalue weighted by Crippen LogP contribution is 2.41. The summed E-state index contributed by atoms with van der Waals surface area (Å²) < 4.78 is 2.50. The predicted octanol–water partition coefficient (Wildman–Crippen LogP) is 10.2. The van der Waals surface area contributed by atoms with E-state index in [9.17, 15) is 5.26 Å². The summed E-state index contributed by atoms with van der Waals surface area (Å²) in [6, 6.07) is 38.1. The first kappa shape index (κ1) is 23.0. The summed E-state index contributed by atoms with van der Waals surface area (Å²) in [6.45, 7) is 14.7. The number of thiophene rings is 1. The Bertz CT molecular complexity index is 1910. The Morgan fingerprint density at radius 2 is 1.26 bits per heavy atom. The molecule has 0 aliphatic rings. The molecule has 0 radical (unpaired) electrons. The van der Waals surface area contributed by atoms with Crippen molar-refractivity contribution in [2.45, 2.75) is 0 Å². The number of anilines is 3. The third-order valence-corrected chi connectivity index (χ3v) is 7.64. The largest absolute Gasteiger partial charge is 0.311 e. The Morgan fingerprint density at radius 3 is 1.97 bits per heavy atom. The van der Waals surface area contributed by atoms with E-state index >= 15 is 0 Å². The van der Waals surface area contributed by atoms with E-state index in [4.69, 9.17) is 13.1 Å². The molecule has 1 aromatic heterocycles. The molecule has 0 fully saturated rings. The lowest BCUT2D eigenvalue weighted by molar-refractivity contribution is 1.29. The van der Waals surface area contributed by atoms with Gasteiger partial charge >= 0.3 is 0 Å². The lowest BCUT2D eigenvalue weighted by Crippen LogP contribution is -2.09. The van der Waals surface area contributed by atoms with Crippen LogP contribution in [0.15, 0.2) is 109 Å². The van der Waals surface area contributed by atoms with Crippen molar-refractivity contribution in [3.05, 3.63) is 138 Å². The molecule has 0 atom stereocenters. The maximum absolute atomic E-state index is 9.38. The van der Waals surface area contributed by atoms with E-state index in [1.165, 1.54) is 20.2 Å². The van der Waals surface area contributed by atoms with Crippen molar-refractivity contribution in [2.24, 2.45) is 0 Å². The molecule has 0 unspecified atom stereocenters. The van der Waals surface area contributed by atoms with Gasteiger partial charge in [-0.15, -0.1) is 11.3 Å². The maximum atomic E-state index is 9.38. The minimum Gasteiger partial charge on any atom is -0.311 e. The molecule has 0 saturated heterocycles. The fourth-order valence-electron chi connectivity index (χ4n) is 4.69. The second-order valence-electron chi connectivity index (χ2n) is 8.78. The Balaban J connectivity index is 1.48. The molecule has 0 saturated carbocycles. The van der Waals surface area contributed by atoms with Crippen LogP contribution < -0.4 is 4.90 Å².